The van der Waals surface area contributed by atoms with Crippen LogP contribution in [0.1, 0.15) is 55.9 Å². The molecule has 3 aromatic rings. The van der Waals surface area contributed by atoms with Gasteiger partial charge in [-0.25, -0.2) is 4.79 Å². The lowest BCUT2D eigenvalue weighted by Crippen LogP contribution is -2.76. The fraction of sp³-hybridized carbons (Fsp3) is 0.395. The summed E-state index contributed by atoms with van der Waals surface area (Å²) in [6.07, 6.45) is -0.283. The first-order chi connectivity index (χ1) is 25.5. The van der Waals surface area contributed by atoms with Crippen molar-refractivity contribution in [3.05, 3.63) is 89.0 Å². The smallest absolute Gasteiger partial charge is 0.444 e. The zero-order valence-corrected chi connectivity index (χ0v) is 31.8. The highest BCUT2D eigenvalue weighted by atomic mass is 32.2. The summed E-state index contributed by atoms with van der Waals surface area (Å²) in [5.41, 5.74) is 7.05. The van der Waals surface area contributed by atoms with E-state index in [0.717, 1.165) is 35.2 Å². The number of quaternary nitrogens is 1. The molecule has 0 bridgehead atoms. The van der Waals surface area contributed by atoms with E-state index in [0.29, 0.717) is 30.9 Å². The van der Waals surface area contributed by atoms with Crippen LogP contribution >= 0.6 is 11.8 Å². The molecule has 12 nitrogen and oxygen atoms in total. The monoisotopic (exact) mass is 769 g/mol. The van der Waals surface area contributed by atoms with Gasteiger partial charge in [0, 0.05) is 43.0 Å². The largest absolute Gasteiger partial charge is 0.573 e. The SMILES string of the molecule is Cc1cccc(C)c1NC(N/N=C/c1ccc(C(=N)N=C[NH2+]c2ccc(OC(F)(F)F)cc2)cc1)SCC(=O)NC[C@@H]1CCCN(C(=O)OC(C)(C)C)C1. The predicted octanol–water partition coefficient (Wildman–Crippen LogP) is 6.27. The summed E-state index contributed by atoms with van der Waals surface area (Å²) < 4.78 is 46.5. The molecule has 1 unspecified atom stereocenters. The standard InChI is InChI=1S/C38H47F3N8O4S/c1-25-8-6-9-26(2)33(25)47-35(54-23-32(50)43-20-28-10-7-19-49(22-28)36(51)53-37(3,4)5)48-46-21-27-11-13-29(14-12-27)34(42)45-24-44-30-15-17-31(18-16-30)52-38(39,40)41/h6,8-9,11-18,21,24,28,35,47-48H,7,10,19-20,22-23H2,1-5H3,(H,43,50)(H2,42,44,45)/p+1/b46-21+/t28-,35?/m0/s1. The number of thioether (sulfide) groups is 1. The van der Waals surface area contributed by atoms with Gasteiger partial charge in [0.25, 0.3) is 0 Å². The Morgan fingerprint density at radius 2 is 1.74 bits per heavy atom. The van der Waals surface area contributed by atoms with Crippen molar-refractivity contribution in [1.82, 2.24) is 15.6 Å². The molecule has 2 atom stereocenters. The number of amidine groups is 1. The Hall–Kier alpha value is -5.09. The van der Waals surface area contributed by atoms with Crippen molar-refractivity contribution in [3.63, 3.8) is 0 Å². The molecule has 0 spiro atoms. The van der Waals surface area contributed by atoms with Crippen molar-refractivity contribution >= 4 is 53.5 Å². The maximum absolute atomic E-state index is 13.0. The molecule has 1 aliphatic heterocycles. The van der Waals surface area contributed by atoms with Crippen LogP contribution in [-0.2, 0) is 9.53 Å². The number of para-hydroxylation sites is 1. The number of nitrogens with one attached hydrogen (secondary N) is 4. The first-order valence-corrected chi connectivity index (χ1v) is 18.5. The van der Waals surface area contributed by atoms with Gasteiger partial charge in [-0.05, 0) is 82.2 Å². The molecule has 290 valence electrons. The van der Waals surface area contributed by atoms with E-state index in [1.54, 1.807) is 40.7 Å². The Bertz CT molecular complexity index is 1760. The van der Waals surface area contributed by atoms with Crippen molar-refractivity contribution in [2.45, 2.75) is 64.9 Å². The molecule has 0 saturated carbocycles. The average Bonchev–Trinajstić information content (AvgIpc) is 3.10. The van der Waals surface area contributed by atoms with Gasteiger partial charge in [0.05, 0.1) is 12.0 Å². The van der Waals surface area contributed by atoms with Crippen LogP contribution in [0.3, 0.4) is 0 Å². The van der Waals surface area contributed by atoms with E-state index >= 15 is 0 Å². The minimum atomic E-state index is -4.76. The van der Waals surface area contributed by atoms with Crippen molar-refractivity contribution in [2.24, 2.45) is 16.0 Å². The van der Waals surface area contributed by atoms with E-state index < -0.39 is 17.5 Å². The third-order valence-electron chi connectivity index (χ3n) is 8.07. The van der Waals surface area contributed by atoms with Gasteiger partial charge in [-0.15, -0.1) is 24.9 Å². The predicted molar refractivity (Wildman–Crippen MR) is 207 cm³/mol. The molecule has 0 radical (unpaired) electrons. The molecule has 0 aliphatic carbocycles. The van der Waals surface area contributed by atoms with Gasteiger partial charge in [-0.1, -0.05) is 42.5 Å². The van der Waals surface area contributed by atoms with Crippen molar-refractivity contribution in [3.8, 4) is 5.75 Å². The van der Waals surface area contributed by atoms with Crippen LogP contribution in [0.2, 0.25) is 0 Å². The topological polar surface area (TPSA) is 157 Å². The molecular formula is C38H48F3N8O4S+. The quantitative estimate of drug-likeness (QED) is 0.0426. The molecule has 1 saturated heterocycles. The Kier molecular flexibility index (Phi) is 14.9. The minimum absolute atomic E-state index is 0.00119. The summed E-state index contributed by atoms with van der Waals surface area (Å²) >= 11 is 1.36. The summed E-state index contributed by atoms with van der Waals surface area (Å²) in [5, 5.41) is 20.8. The van der Waals surface area contributed by atoms with Gasteiger partial charge in [-0.3, -0.25) is 20.9 Å². The number of hydrogen-bond acceptors (Lipinski definition) is 9. The second kappa shape index (κ2) is 19.3. The number of halogens is 3. The number of anilines is 1. The normalized spacial score (nSPS) is 15.6. The molecule has 1 aliphatic rings. The number of rotatable bonds is 14. The van der Waals surface area contributed by atoms with Crippen molar-refractivity contribution in [1.29, 1.82) is 5.41 Å². The number of hydrogen-bond donors (Lipinski definition) is 5. The van der Waals surface area contributed by atoms with Gasteiger partial charge in [0.2, 0.25) is 5.91 Å². The van der Waals surface area contributed by atoms with Crippen LogP contribution in [-0.4, -0.2) is 78.1 Å². The zero-order valence-electron chi connectivity index (χ0n) is 31.0. The lowest BCUT2D eigenvalue weighted by molar-refractivity contribution is -0.432. The number of ether oxygens (including phenoxy) is 2. The molecule has 16 heteroatoms. The van der Waals surface area contributed by atoms with E-state index in [9.17, 15) is 22.8 Å². The Labute approximate surface area is 317 Å². The Balaban J connectivity index is 1.29. The number of aryl methyl sites for hydroxylation is 2. The highest BCUT2D eigenvalue weighted by Crippen LogP contribution is 2.24. The number of likely N-dealkylation sites (tertiary alicyclic amines) is 1. The lowest BCUT2D eigenvalue weighted by Gasteiger charge is -2.34. The molecule has 2 amide bonds. The average molecular weight is 770 g/mol. The first-order valence-electron chi connectivity index (χ1n) is 17.4. The van der Waals surface area contributed by atoms with Crippen LogP contribution in [0, 0.1) is 25.2 Å². The number of carbonyl (C=O) groups excluding carboxylic acids is 2. The highest BCUT2D eigenvalue weighted by Gasteiger charge is 2.31. The van der Waals surface area contributed by atoms with E-state index in [1.165, 1.54) is 42.4 Å². The molecule has 1 fully saturated rings. The van der Waals surface area contributed by atoms with Crippen LogP contribution in [0.25, 0.3) is 0 Å². The van der Waals surface area contributed by atoms with Crippen LogP contribution in [0.4, 0.5) is 29.3 Å². The number of aliphatic imine (C=N–C) groups is 1. The summed E-state index contributed by atoms with van der Waals surface area (Å²) in [5.74, 6) is -0.135. The van der Waals surface area contributed by atoms with Gasteiger partial charge in [0.15, 0.2) is 17.7 Å². The van der Waals surface area contributed by atoms with Gasteiger partial charge < -0.3 is 25.0 Å². The maximum atomic E-state index is 13.0. The second-order valence-electron chi connectivity index (χ2n) is 13.8. The van der Waals surface area contributed by atoms with Crippen LogP contribution in [0.15, 0.2) is 76.8 Å². The summed E-state index contributed by atoms with van der Waals surface area (Å²) in [4.78, 5) is 31.3. The van der Waals surface area contributed by atoms with Gasteiger partial charge >= 0.3 is 12.5 Å². The fourth-order valence-electron chi connectivity index (χ4n) is 5.44. The molecule has 3 aromatic carbocycles. The summed E-state index contributed by atoms with van der Waals surface area (Å²) in [6, 6.07) is 18.4. The third kappa shape index (κ3) is 14.4. The number of carbonyl (C=O) groups is 2. The molecule has 4 rings (SSSR count). The van der Waals surface area contributed by atoms with E-state index in [-0.39, 0.29) is 35.3 Å². The van der Waals surface area contributed by atoms with E-state index in [1.807, 2.05) is 52.8 Å². The van der Waals surface area contributed by atoms with Gasteiger partial charge in [-0.2, -0.15) is 10.1 Å². The number of hydrazone groups is 1. The number of benzene rings is 3. The molecule has 54 heavy (non-hydrogen) atoms. The molecule has 1 heterocycles. The minimum Gasteiger partial charge on any atom is -0.444 e. The van der Waals surface area contributed by atoms with Crippen LogP contribution < -0.4 is 26.1 Å². The second-order valence-corrected chi connectivity index (χ2v) is 14.9. The highest BCUT2D eigenvalue weighted by molar-refractivity contribution is 8.00. The number of amides is 2. The first kappa shape index (κ1) is 41.7. The number of nitrogens with zero attached hydrogens (tertiary/aromatic N) is 3. The fourth-order valence-corrected chi connectivity index (χ4v) is 6.19. The van der Waals surface area contributed by atoms with E-state index in [2.05, 4.69) is 30.9 Å². The molecule has 6 N–H and O–H groups in total. The Morgan fingerprint density at radius 3 is 2.39 bits per heavy atom. The van der Waals surface area contributed by atoms with Crippen molar-refractivity contribution in [2.75, 3.05) is 30.7 Å². The number of alkyl halides is 3. The number of nitrogens with two attached hydrogens (primary N) is 1. The lowest BCUT2D eigenvalue weighted by atomic mass is 9.98. The van der Waals surface area contributed by atoms with Crippen LogP contribution in [0.5, 0.6) is 5.75 Å². The van der Waals surface area contributed by atoms with Crippen molar-refractivity contribution < 1.29 is 37.6 Å². The Morgan fingerprint density at radius 1 is 1.06 bits per heavy atom. The van der Waals surface area contributed by atoms with E-state index in [4.69, 9.17) is 10.1 Å². The summed E-state index contributed by atoms with van der Waals surface area (Å²) in [7, 11) is 0. The molecular weight excluding hydrogens is 722 g/mol. The van der Waals surface area contributed by atoms with Gasteiger partial charge in [0.1, 0.15) is 17.0 Å². The summed E-state index contributed by atoms with van der Waals surface area (Å²) in [6.45, 7) is 11.2. The number of piperidine rings is 1. The zero-order chi connectivity index (χ0) is 39.3. The maximum Gasteiger partial charge on any atom is 0.573 e. The molecule has 0 aromatic heterocycles. The third-order valence-corrected chi connectivity index (χ3v) is 9.06.